The van der Waals surface area contributed by atoms with E-state index < -0.39 is 15.6 Å². The molecule has 3 N–H and O–H groups in total. The van der Waals surface area contributed by atoms with Crippen LogP contribution in [0.3, 0.4) is 0 Å². The van der Waals surface area contributed by atoms with E-state index >= 15 is 0 Å². The molecule has 5 nitrogen and oxygen atoms in total. The van der Waals surface area contributed by atoms with Crippen LogP contribution in [-0.4, -0.2) is 36.5 Å². The van der Waals surface area contributed by atoms with E-state index in [2.05, 4.69) is 0 Å². The third-order valence-corrected chi connectivity index (χ3v) is 5.62. The topological polar surface area (TPSA) is 83.6 Å². The number of sulfonamides is 1. The van der Waals surface area contributed by atoms with E-state index in [-0.39, 0.29) is 29.6 Å². The lowest BCUT2D eigenvalue weighted by molar-refractivity contribution is -0.0932. The summed E-state index contributed by atoms with van der Waals surface area (Å²) in [6.45, 7) is 5.86. The van der Waals surface area contributed by atoms with Crippen LogP contribution < -0.4 is 5.73 Å². The maximum atomic E-state index is 12.4. The number of aryl methyl sites for hydroxylation is 1. The Morgan fingerprint density at radius 1 is 1.37 bits per heavy atom. The van der Waals surface area contributed by atoms with Gasteiger partial charge in [-0.15, -0.1) is 0 Å². The van der Waals surface area contributed by atoms with Crippen molar-refractivity contribution in [1.82, 2.24) is 4.31 Å². The predicted molar refractivity (Wildman–Crippen MR) is 74.1 cm³/mol. The molecule has 0 aliphatic carbocycles. The van der Waals surface area contributed by atoms with Gasteiger partial charge in [0.2, 0.25) is 10.0 Å². The van der Waals surface area contributed by atoms with Crippen molar-refractivity contribution in [2.75, 3.05) is 18.8 Å². The summed E-state index contributed by atoms with van der Waals surface area (Å²) in [5.74, 6) is 0.0225. The van der Waals surface area contributed by atoms with Gasteiger partial charge < -0.3 is 10.8 Å². The Bertz CT molecular complexity index is 590. The van der Waals surface area contributed by atoms with Gasteiger partial charge in [-0.2, -0.15) is 4.31 Å². The quantitative estimate of drug-likeness (QED) is 0.810. The maximum absolute atomic E-state index is 12.4. The fourth-order valence-electron chi connectivity index (χ4n) is 2.14. The summed E-state index contributed by atoms with van der Waals surface area (Å²) in [6, 6.07) is 4.88. The lowest BCUT2D eigenvalue weighted by atomic mass is 9.85. The highest BCUT2D eigenvalue weighted by atomic mass is 32.2. The molecule has 0 radical (unpaired) electrons. The van der Waals surface area contributed by atoms with E-state index in [0.717, 1.165) is 5.56 Å². The molecule has 2 rings (SSSR count). The van der Waals surface area contributed by atoms with Gasteiger partial charge in [-0.25, -0.2) is 8.42 Å². The van der Waals surface area contributed by atoms with Crippen LogP contribution in [0, 0.1) is 12.8 Å². The van der Waals surface area contributed by atoms with Crippen LogP contribution in [0.2, 0.25) is 0 Å². The average molecular weight is 284 g/mol. The van der Waals surface area contributed by atoms with Gasteiger partial charge >= 0.3 is 0 Å². The smallest absolute Gasteiger partial charge is 0.245 e. The standard InChI is InChI=1S/C13H20N2O3S/c1-9(2)13(16)7-15(8-13)19(17,18)12-5-4-10(3)6-11(12)14/h4-6,9,16H,7-8,14H2,1-3H3. The number of nitrogen functional groups attached to an aromatic ring is 1. The van der Waals surface area contributed by atoms with Crippen LogP contribution in [0.5, 0.6) is 0 Å². The first-order chi connectivity index (χ1) is 8.67. The molecule has 6 heteroatoms. The zero-order chi connectivity index (χ0) is 14.4. The monoisotopic (exact) mass is 284 g/mol. The van der Waals surface area contributed by atoms with E-state index in [9.17, 15) is 13.5 Å². The van der Waals surface area contributed by atoms with Crippen LogP contribution >= 0.6 is 0 Å². The number of nitrogens with two attached hydrogens (primary N) is 1. The zero-order valence-electron chi connectivity index (χ0n) is 11.4. The van der Waals surface area contributed by atoms with Gasteiger partial charge in [0.25, 0.3) is 0 Å². The van der Waals surface area contributed by atoms with Crippen molar-refractivity contribution < 1.29 is 13.5 Å². The molecule has 1 aliphatic rings. The molecule has 1 aromatic rings. The van der Waals surface area contributed by atoms with Crippen molar-refractivity contribution >= 4 is 15.7 Å². The Kier molecular flexibility index (Phi) is 3.36. The van der Waals surface area contributed by atoms with Gasteiger partial charge in [0.1, 0.15) is 4.90 Å². The highest BCUT2D eigenvalue weighted by Gasteiger charge is 2.49. The van der Waals surface area contributed by atoms with Crippen LogP contribution in [0.4, 0.5) is 5.69 Å². The second-order valence-electron chi connectivity index (χ2n) is 5.57. The molecule has 0 bridgehead atoms. The van der Waals surface area contributed by atoms with Crippen LogP contribution in [0.15, 0.2) is 23.1 Å². The van der Waals surface area contributed by atoms with Crippen molar-refractivity contribution in [1.29, 1.82) is 0 Å². The Morgan fingerprint density at radius 2 is 1.95 bits per heavy atom. The largest absolute Gasteiger partial charge is 0.398 e. The number of rotatable bonds is 3. The molecular weight excluding hydrogens is 264 g/mol. The summed E-state index contributed by atoms with van der Waals surface area (Å²) in [6.07, 6.45) is 0. The number of anilines is 1. The van der Waals surface area contributed by atoms with Gasteiger partial charge in [-0.1, -0.05) is 19.9 Å². The molecule has 19 heavy (non-hydrogen) atoms. The highest BCUT2D eigenvalue weighted by molar-refractivity contribution is 7.89. The molecular formula is C13H20N2O3S. The molecule has 1 aliphatic heterocycles. The predicted octanol–water partition coefficient (Wildman–Crippen LogP) is 0.969. The molecule has 1 fully saturated rings. The molecule has 0 atom stereocenters. The number of benzene rings is 1. The first kappa shape index (κ1) is 14.3. The molecule has 0 unspecified atom stereocenters. The molecule has 0 spiro atoms. The van der Waals surface area contributed by atoms with Crippen LogP contribution in [0.25, 0.3) is 0 Å². The fourth-order valence-corrected chi connectivity index (χ4v) is 3.80. The van der Waals surface area contributed by atoms with Crippen molar-refractivity contribution in [3.63, 3.8) is 0 Å². The minimum atomic E-state index is -3.61. The first-order valence-corrected chi connectivity index (χ1v) is 7.69. The maximum Gasteiger partial charge on any atom is 0.245 e. The Labute approximate surface area is 114 Å². The molecule has 0 saturated carbocycles. The minimum absolute atomic E-state index is 0.0225. The van der Waals surface area contributed by atoms with E-state index in [4.69, 9.17) is 5.73 Å². The Balaban J connectivity index is 2.26. The molecule has 0 aromatic heterocycles. The molecule has 1 heterocycles. The number of hydrogen-bond acceptors (Lipinski definition) is 4. The van der Waals surface area contributed by atoms with Crippen molar-refractivity contribution in [3.8, 4) is 0 Å². The number of nitrogens with zero attached hydrogens (tertiary/aromatic N) is 1. The minimum Gasteiger partial charge on any atom is -0.398 e. The Hall–Kier alpha value is -1.11. The second-order valence-corrected chi connectivity index (χ2v) is 7.48. The van der Waals surface area contributed by atoms with E-state index in [1.54, 1.807) is 12.1 Å². The molecule has 106 valence electrons. The summed E-state index contributed by atoms with van der Waals surface area (Å²) in [7, 11) is -3.61. The van der Waals surface area contributed by atoms with Gasteiger partial charge in [0.05, 0.1) is 11.3 Å². The summed E-state index contributed by atoms with van der Waals surface area (Å²) < 4.78 is 26.1. The fraction of sp³-hybridized carbons (Fsp3) is 0.538. The molecule has 1 saturated heterocycles. The normalized spacial score (nSPS) is 19.4. The average Bonchev–Trinajstić information content (AvgIpc) is 2.23. The van der Waals surface area contributed by atoms with E-state index in [1.165, 1.54) is 10.4 Å². The Morgan fingerprint density at radius 3 is 2.42 bits per heavy atom. The number of β-amino-alcohol motifs (C(OH)–C–C–N with tert-alkyl or cyclic N) is 1. The van der Waals surface area contributed by atoms with Gasteiger partial charge in [-0.3, -0.25) is 0 Å². The third kappa shape index (κ3) is 2.35. The van der Waals surface area contributed by atoms with Gasteiger partial charge in [-0.05, 0) is 30.5 Å². The third-order valence-electron chi connectivity index (χ3n) is 3.76. The van der Waals surface area contributed by atoms with Gasteiger partial charge in [0, 0.05) is 13.1 Å². The van der Waals surface area contributed by atoms with Crippen molar-refractivity contribution in [3.05, 3.63) is 23.8 Å². The molecule has 0 amide bonds. The first-order valence-electron chi connectivity index (χ1n) is 6.25. The number of aliphatic hydroxyl groups is 1. The van der Waals surface area contributed by atoms with Gasteiger partial charge in [0.15, 0.2) is 0 Å². The summed E-state index contributed by atoms with van der Waals surface area (Å²) >= 11 is 0. The lowest BCUT2D eigenvalue weighted by Gasteiger charge is -2.47. The molecule has 1 aromatic carbocycles. The van der Waals surface area contributed by atoms with Crippen molar-refractivity contribution in [2.24, 2.45) is 5.92 Å². The highest BCUT2D eigenvalue weighted by Crippen LogP contribution is 2.34. The van der Waals surface area contributed by atoms with Crippen LogP contribution in [0.1, 0.15) is 19.4 Å². The van der Waals surface area contributed by atoms with E-state index in [1.807, 2.05) is 20.8 Å². The number of hydrogen-bond donors (Lipinski definition) is 2. The van der Waals surface area contributed by atoms with Crippen LogP contribution in [-0.2, 0) is 10.0 Å². The zero-order valence-corrected chi connectivity index (χ0v) is 12.2. The SMILES string of the molecule is Cc1ccc(S(=O)(=O)N2CC(O)(C(C)C)C2)c(N)c1. The van der Waals surface area contributed by atoms with Crippen molar-refractivity contribution in [2.45, 2.75) is 31.3 Å². The summed E-state index contributed by atoms with van der Waals surface area (Å²) in [4.78, 5) is 0.115. The lowest BCUT2D eigenvalue weighted by Crippen LogP contribution is -2.65. The second kappa shape index (κ2) is 4.47. The summed E-state index contributed by atoms with van der Waals surface area (Å²) in [5.41, 5.74) is 6.02. The van der Waals surface area contributed by atoms with E-state index in [0.29, 0.717) is 0 Å². The summed E-state index contributed by atoms with van der Waals surface area (Å²) in [5, 5.41) is 10.1.